The number of aromatic nitrogens is 2. The third-order valence-electron chi connectivity index (χ3n) is 6.06. The Morgan fingerprint density at radius 1 is 1.03 bits per heavy atom. The smallest absolute Gasteiger partial charge is 0.254 e. The van der Waals surface area contributed by atoms with Gasteiger partial charge in [0.05, 0.1) is 38.0 Å². The fourth-order valence-electron chi connectivity index (χ4n) is 4.36. The molecule has 2 aromatic heterocycles. The molecular formula is C24H26N4O3. The topological polar surface area (TPSA) is 76.6 Å². The molecule has 1 amide bonds. The largest absolute Gasteiger partial charge is 0.379 e. The molecule has 0 aliphatic carbocycles. The van der Waals surface area contributed by atoms with Crippen LogP contribution in [0.4, 0.5) is 5.82 Å². The molecule has 3 aromatic rings. The number of amides is 1. The van der Waals surface area contributed by atoms with E-state index in [1.807, 2.05) is 29.3 Å². The molecule has 1 aromatic carbocycles. The second-order valence-electron chi connectivity index (χ2n) is 8.07. The third-order valence-corrected chi connectivity index (χ3v) is 6.06. The maximum absolute atomic E-state index is 12.8. The van der Waals surface area contributed by atoms with Gasteiger partial charge in [0, 0.05) is 42.4 Å². The Morgan fingerprint density at radius 2 is 1.87 bits per heavy atom. The van der Waals surface area contributed by atoms with Crippen molar-refractivity contribution in [3.8, 4) is 0 Å². The maximum atomic E-state index is 12.8. The van der Waals surface area contributed by atoms with E-state index in [-0.39, 0.29) is 11.9 Å². The number of fused-ring (bicyclic) bond motifs is 1. The van der Waals surface area contributed by atoms with E-state index in [0.717, 1.165) is 11.9 Å². The van der Waals surface area contributed by atoms with Crippen LogP contribution in [0.5, 0.6) is 0 Å². The molecule has 31 heavy (non-hydrogen) atoms. The van der Waals surface area contributed by atoms with Crippen molar-refractivity contribution in [2.75, 3.05) is 44.8 Å². The van der Waals surface area contributed by atoms with Crippen molar-refractivity contribution in [3.05, 3.63) is 66.0 Å². The molecule has 5 rings (SSSR count). The second-order valence-corrected chi connectivity index (χ2v) is 8.07. The number of nitrogens with one attached hydrogen (secondary N) is 1. The molecule has 7 heteroatoms. The van der Waals surface area contributed by atoms with Gasteiger partial charge in [0.25, 0.3) is 5.91 Å². The van der Waals surface area contributed by atoms with E-state index in [1.165, 1.54) is 10.9 Å². The number of carbonyl (C=O) groups excluding carboxylic acids is 1. The first-order chi connectivity index (χ1) is 15.3. The van der Waals surface area contributed by atoms with Crippen molar-refractivity contribution < 1.29 is 14.3 Å². The first kappa shape index (κ1) is 19.9. The van der Waals surface area contributed by atoms with Gasteiger partial charge in [0.15, 0.2) is 0 Å². The average molecular weight is 418 g/mol. The van der Waals surface area contributed by atoms with Gasteiger partial charge in [0.2, 0.25) is 0 Å². The summed E-state index contributed by atoms with van der Waals surface area (Å²) in [5, 5.41) is 4.70. The molecule has 0 spiro atoms. The number of rotatable bonds is 5. The van der Waals surface area contributed by atoms with E-state index in [2.05, 4.69) is 33.5 Å². The molecule has 160 valence electrons. The van der Waals surface area contributed by atoms with Gasteiger partial charge in [-0.3, -0.25) is 9.78 Å². The summed E-state index contributed by atoms with van der Waals surface area (Å²) in [6, 6.07) is 14.1. The predicted molar refractivity (Wildman–Crippen MR) is 118 cm³/mol. The van der Waals surface area contributed by atoms with E-state index in [0.29, 0.717) is 56.8 Å². The maximum Gasteiger partial charge on any atom is 0.254 e. The highest BCUT2D eigenvalue weighted by molar-refractivity contribution is 5.94. The highest BCUT2D eigenvalue weighted by Gasteiger charge is 2.29. The van der Waals surface area contributed by atoms with Crippen molar-refractivity contribution in [1.29, 1.82) is 0 Å². The van der Waals surface area contributed by atoms with Crippen LogP contribution in [0.2, 0.25) is 0 Å². The number of anilines is 1. The van der Waals surface area contributed by atoms with Crippen LogP contribution in [-0.4, -0.2) is 66.3 Å². The Labute approximate surface area is 181 Å². The van der Waals surface area contributed by atoms with Crippen molar-refractivity contribution in [1.82, 2.24) is 14.9 Å². The molecule has 1 N–H and O–H groups in total. The molecule has 7 nitrogen and oxygen atoms in total. The standard InChI is InChI=1S/C24H26N4O3/c29-24(28-9-11-30-12-10-28)18-6-8-26-23(14-18)27-22-16-31-15-19(22)13-17-5-7-25-21-4-2-1-3-20(17)21/h1-8,14,19,22H,9-13,15-16H2,(H,26,27)/t19-,22-/m1/s1. The van der Waals surface area contributed by atoms with E-state index >= 15 is 0 Å². The molecule has 0 bridgehead atoms. The van der Waals surface area contributed by atoms with Gasteiger partial charge >= 0.3 is 0 Å². The Hall–Kier alpha value is -3.03. The van der Waals surface area contributed by atoms with Crippen LogP contribution >= 0.6 is 0 Å². The Balaban J connectivity index is 1.30. The van der Waals surface area contributed by atoms with Gasteiger partial charge in [-0.05, 0) is 36.2 Å². The fourth-order valence-corrected chi connectivity index (χ4v) is 4.36. The van der Waals surface area contributed by atoms with Gasteiger partial charge in [0.1, 0.15) is 5.82 Å². The number of carbonyl (C=O) groups is 1. The summed E-state index contributed by atoms with van der Waals surface area (Å²) in [6.45, 7) is 3.75. The SMILES string of the molecule is O=C(c1ccnc(N[C@@H]2COC[C@H]2Cc2ccnc3ccccc23)c1)N1CCOCC1. The van der Waals surface area contributed by atoms with Crippen LogP contribution in [0, 0.1) is 5.92 Å². The van der Waals surface area contributed by atoms with Crippen LogP contribution in [-0.2, 0) is 15.9 Å². The van der Waals surface area contributed by atoms with Crippen molar-refractivity contribution >= 4 is 22.6 Å². The number of nitrogens with zero attached hydrogens (tertiary/aromatic N) is 3. The molecule has 0 unspecified atom stereocenters. The number of ether oxygens (including phenoxy) is 2. The molecule has 4 heterocycles. The lowest BCUT2D eigenvalue weighted by Crippen LogP contribution is -2.40. The minimum absolute atomic E-state index is 0.0243. The zero-order valence-electron chi connectivity index (χ0n) is 17.4. The second kappa shape index (κ2) is 8.99. The predicted octanol–water partition coefficient (Wildman–Crippen LogP) is 2.77. The summed E-state index contributed by atoms with van der Waals surface area (Å²) < 4.78 is 11.2. The normalized spacial score (nSPS) is 21.4. The lowest BCUT2D eigenvalue weighted by molar-refractivity contribution is 0.0303. The summed E-state index contributed by atoms with van der Waals surface area (Å²) in [5.41, 5.74) is 2.94. The average Bonchev–Trinajstić information content (AvgIpc) is 3.26. The highest BCUT2D eigenvalue weighted by atomic mass is 16.5. The number of hydrogen-bond donors (Lipinski definition) is 1. The quantitative estimate of drug-likeness (QED) is 0.687. The van der Waals surface area contributed by atoms with E-state index in [1.54, 1.807) is 12.3 Å². The van der Waals surface area contributed by atoms with E-state index < -0.39 is 0 Å². The molecule has 2 aliphatic heterocycles. The van der Waals surface area contributed by atoms with Gasteiger partial charge < -0.3 is 19.7 Å². The van der Waals surface area contributed by atoms with Crippen LogP contribution in [0.15, 0.2) is 54.9 Å². The van der Waals surface area contributed by atoms with Gasteiger partial charge in [-0.25, -0.2) is 4.98 Å². The van der Waals surface area contributed by atoms with Gasteiger partial charge in [-0.2, -0.15) is 0 Å². The summed E-state index contributed by atoms with van der Waals surface area (Å²) in [4.78, 5) is 23.6. The van der Waals surface area contributed by atoms with Crippen molar-refractivity contribution in [3.63, 3.8) is 0 Å². The monoisotopic (exact) mass is 418 g/mol. The molecule has 2 fully saturated rings. The number of pyridine rings is 2. The Kier molecular flexibility index (Phi) is 5.78. The van der Waals surface area contributed by atoms with E-state index in [4.69, 9.17) is 9.47 Å². The van der Waals surface area contributed by atoms with Crippen LogP contribution < -0.4 is 5.32 Å². The molecule has 0 saturated carbocycles. The molecule has 2 saturated heterocycles. The zero-order chi connectivity index (χ0) is 21.0. The number of hydrogen-bond acceptors (Lipinski definition) is 6. The van der Waals surface area contributed by atoms with Crippen molar-refractivity contribution in [2.45, 2.75) is 12.5 Å². The summed E-state index contributed by atoms with van der Waals surface area (Å²) in [5.74, 6) is 1.04. The first-order valence-electron chi connectivity index (χ1n) is 10.8. The third kappa shape index (κ3) is 4.38. The zero-order valence-corrected chi connectivity index (χ0v) is 17.4. The van der Waals surface area contributed by atoms with Crippen molar-refractivity contribution in [2.24, 2.45) is 5.92 Å². The van der Waals surface area contributed by atoms with E-state index in [9.17, 15) is 4.79 Å². The molecule has 2 atom stereocenters. The lowest BCUT2D eigenvalue weighted by Gasteiger charge is -2.27. The molecule has 2 aliphatic rings. The van der Waals surface area contributed by atoms with Gasteiger partial charge in [-0.15, -0.1) is 0 Å². The Bertz CT molecular complexity index is 1060. The lowest BCUT2D eigenvalue weighted by atomic mass is 9.93. The summed E-state index contributed by atoms with van der Waals surface area (Å²) >= 11 is 0. The van der Waals surface area contributed by atoms with Crippen LogP contribution in [0.3, 0.4) is 0 Å². The first-order valence-corrected chi connectivity index (χ1v) is 10.8. The molecular weight excluding hydrogens is 392 g/mol. The van der Waals surface area contributed by atoms with Crippen LogP contribution in [0.25, 0.3) is 10.9 Å². The number of morpholine rings is 1. The number of benzene rings is 1. The van der Waals surface area contributed by atoms with Gasteiger partial charge in [-0.1, -0.05) is 18.2 Å². The minimum Gasteiger partial charge on any atom is -0.379 e. The van der Waals surface area contributed by atoms with Crippen LogP contribution in [0.1, 0.15) is 15.9 Å². The minimum atomic E-state index is 0.0243. The number of para-hydroxylation sites is 1. The Morgan fingerprint density at radius 3 is 2.77 bits per heavy atom. The summed E-state index contributed by atoms with van der Waals surface area (Å²) in [7, 11) is 0. The fraction of sp³-hybridized carbons (Fsp3) is 0.375. The molecule has 0 radical (unpaired) electrons. The summed E-state index contributed by atoms with van der Waals surface area (Å²) in [6.07, 6.45) is 4.46. The highest BCUT2D eigenvalue weighted by Crippen LogP contribution is 2.26.